The Hall–Kier alpha value is -3.85. The standard InChI is InChI=1S/C30H32BrN3O5/c1-4-38-30(37)23-10-11-26(33-12-14-34(15-13-33)29(36)22-8-6-5-7-9-22)25(18-23)32-27(35)19-39-28-21(3)16-20(2)17-24(28)31/h5-11,16-18H,4,12-15,19H2,1-3H3,(H,32,35). The third kappa shape index (κ3) is 6.97. The highest BCUT2D eigenvalue weighted by atomic mass is 79.9. The van der Waals surface area contributed by atoms with Crippen LogP contribution in [-0.4, -0.2) is 62.1 Å². The van der Waals surface area contributed by atoms with Crippen LogP contribution in [0.5, 0.6) is 5.75 Å². The number of rotatable bonds is 8. The number of carbonyl (C=O) groups excluding carboxylic acids is 3. The summed E-state index contributed by atoms with van der Waals surface area (Å²) in [4.78, 5) is 42.2. The summed E-state index contributed by atoms with van der Waals surface area (Å²) in [6.45, 7) is 7.92. The summed E-state index contributed by atoms with van der Waals surface area (Å²) < 4.78 is 11.8. The van der Waals surface area contributed by atoms with Crippen LogP contribution in [0.15, 0.2) is 65.1 Å². The maximum atomic E-state index is 13.0. The molecule has 4 rings (SSSR count). The molecule has 9 heteroatoms. The van der Waals surface area contributed by atoms with Crippen LogP contribution in [0, 0.1) is 13.8 Å². The number of nitrogens with one attached hydrogen (secondary N) is 1. The van der Waals surface area contributed by atoms with Crippen molar-refractivity contribution in [1.29, 1.82) is 0 Å². The molecule has 0 spiro atoms. The van der Waals surface area contributed by atoms with Gasteiger partial charge in [0.1, 0.15) is 5.75 Å². The molecule has 1 N–H and O–H groups in total. The first-order valence-electron chi connectivity index (χ1n) is 12.9. The fourth-order valence-electron chi connectivity index (χ4n) is 4.58. The van der Waals surface area contributed by atoms with Gasteiger partial charge < -0.3 is 24.6 Å². The predicted molar refractivity (Wildman–Crippen MR) is 155 cm³/mol. The zero-order chi connectivity index (χ0) is 27.9. The minimum atomic E-state index is -0.465. The molecule has 1 saturated heterocycles. The Bertz CT molecular complexity index is 1330. The number of hydrogen-bond donors (Lipinski definition) is 1. The van der Waals surface area contributed by atoms with Crippen molar-refractivity contribution in [2.75, 3.05) is 49.6 Å². The number of benzene rings is 3. The highest BCUT2D eigenvalue weighted by molar-refractivity contribution is 9.10. The van der Waals surface area contributed by atoms with Gasteiger partial charge in [-0.1, -0.05) is 24.3 Å². The molecule has 8 nitrogen and oxygen atoms in total. The van der Waals surface area contributed by atoms with Gasteiger partial charge in [-0.05, 0) is 84.2 Å². The number of anilines is 2. The number of halogens is 1. The van der Waals surface area contributed by atoms with Gasteiger partial charge in [0.15, 0.2) is 6.61 Å². The van der Waals surface area contributed by atoms with Crippen molar-refractivity contribution in [1.82, 2.24) is 4.90 Å². The van der Waals surface area contributed by atoms with E-state index in [2.05, 4.69) is 26.1 Å². The average Bonchev–Trinajstić information content (AvgIpc) is 2.93. The van der Waals surface area contributed by atoms with Crippen molar-refractivity contribution in [3.8, 4) is 5.75 Å². The second-order valence-electron chi connectivity index (χ2n) is 9.33. The van der Waals surface area contributed by atoms with Gasteiger partial charge in [0.2, 0.25) is 0 Å². The van der Waals surface area contributed by atoms with E-state index in [-0.39, 0.29) is 25.0 Å². The third-order valence-electron chi connectivity index (χ3n) is 6.43. The maximum Gasteiger partial charge on any atom is 0.338 e. The molecule has 1 fully saturated rings. The van der Waals surface area contributed by atoms with Gasteiger partial charge in [-0.2, -0.15) is 0 Å². The molecule has 1 aliphatic rings. The molecule has 0 saturated carbocycles. The second kappa shape index (κ2) is 12.8. The Kier molecular flexibility index (Phi) is 9.24. The molecular formula is C30H32BrN3O5. The number of esters is 1. The molecule has 0 atom stereocenters. The minimum Gasteiger partial charge on any atom is -0.482 e. The number of ether oxygens (including phenoxy) is 2. The Morgan fingerprint density at radius 2 is 1.64 bits per heavy atom. The molecule has 39 heavy (non-hydrogen) atoms. The molecule has 1 aliphatic heterocycles. The fraction of sp³-hybridized carbons (Fsp3) is 0.300. The van der Waals surface area contributed by atoms with Crippen LogP contribution in [-0.2, 0) is 9.53 Å². The summed E-state index contributed by atoms with van der Waals surface area (Å²) in [5.41, 5.74) is 4.25. The van der Waals surface area contributed by atoms with Crippen molar-refractivity contribution in [3.63, 3.8) is 0 Å². The molecular weight excluding hydrogens is 562 g/mol. The lowest BCUT2D eigenvalue weighted by Gasteiger charge is -2.37. The molecule has 1 heterocycles. The Labute approximate surface area is 237 Å². The van der Waals surface area contributed by atoms with Crippen molar-refractivity contribution in [2.24, 2.45) is 0 Å². The average molecular weight is 595 g/mol. The monoisotopic (exact) mass is 593 g/mol. The van der Waals surface area contributed by atoms with Gasteiger partial charge in [0.25, 0.3) is 11.8 Å². The molecule has 0 bridgehead atoms. The van der Waals surface area contributed by atoms with Crippen LogP contribution in [0.1, 0.15) is 38.8 Å². The zero-order valence-electron chi connectivity index (χ0n) is 22.3. The van der Waals surface area contributed by atoms with E-state index in [1.165, 1.54) is 0 Å². The summed E-state index contributed by atoms with van der Waals surface area (Å²) in [5.74, 6) is -0.220. The van der Waals surface area contributed by atoms with Gasteiger partial charge in [0.05, 0.1) is 28.0 Å². The minimum absolute atomic E-state index is 0.00357. The normalized spacial score (nSPS) is 13.1. The van der Waals surface area contributed by atoms with Crippen molar-refractivity contribution < 1.29 is 23.9 Å². The van der Waals surface area contributed by atoms with E-state index in [0.29, 0.717) is 48.7 Å². The van der Waals surface area contributed by atoms with E-state index < -0.39 is 5.97 Å². The molecule has 3 aromatic carbocycles. The smallest absolute Gasteiger partial charge is 0.338 e. The van der Waals surface area contributed by atoms with Crippen molar-refractivity contribution in [2.45, 2.75) is 20.8 Å². The van der Waals surface area contributed by atoms with E-state index >= 15 is 0 Å². The third-order valence-corrected chi connectivity index (χ3v) is 7.02. The lowest BCUT2D eigenvalue weighted by atomic mass is 10.1. The fourth-order valence-corrected chi connectivity index (χ4v) is 5.36. The molecule has 2 amide bonds. The topological polar surface area (TPSA) is 88.2 Å². The van der Waals surface area contributed by atoms with Crippen LogP contribution < -0.4 is 15.0 Å². The number of hydrogen-bond acceptors (Lipinski definition) is 6. The first-order chi connectivity index (χ1) is 18.8. The summed E-state index contributed by atoms with van der Waals surface area (Å²) in [6, 6.07) is 18.3. The quantitative estimate of drug-likeness (QED) is 0.360. The summed E-state index contributed by atoms with van der Waals surface area (Å²) in [5, 5.41) is 2.92. The van der Waals surface area contributed by atoms with E-state index in [1.54, 1.807) is 25.1 Å². The van der Waals surface area contributed by atoms with Gasteiger partial charge >= 0.3 is 5.97 Å². The Morgan fingerprint density at radius 3 is 2.31 bits per heavy atom. The number of aryl methyl sites for hydroxylation is 2. The molecule has 204 valence electrons. The van der Waals surface area contributed by atoms with Gasteiger partial charge in [-0.15, -0.1) is 0 Å². The highest BCUT2D eigenvalue weighted by Crippen LogP contribution is 2.31. The predicted octanol–water partition coefficient (Wildman–Crippen LogP) is 5.22. The molecule has 0 aromatic heterocycles. The Balaban J connectivity index is 1.49. The van der Waals surface area contributed by atoms with Crippen LogP contribution in [0.2, 0.25) is 0 Å². The van der Waals surface area contributed by atoms with E-state index in [0.717, 1.165) is 21.3 Å². The number of piperazine rings is 1. The molecule has 3 aromatic rings. The number of nitrogens with zero attached hydrogens (tertiary/aromatic N) is 2. The first kappa shape index (κ1) is 28.2. The molecule has 0 aliphatic carbocycles. The summed E-state index contributed by atoms with van der Waals surface area (Å²) >= 11 is 3.51. The van der Waals surface area contributed by atoms with Gasteiger partial charge in [-0.3, -0.25) is 9.59 Å². The lowest BCUT2D eigenvalue weighted by Crippen LogP contribution is -2.49. The highest BCUT2D eigenvalue weighted by Gasteiger charge is 2.25. The first-order valence-corrected chi connectivity index (χ1v) is 13.7. The summed E-state index contributed by atoms with van der Waals surface area (Å²) in [7, 11) is 0. The number of amides is 2. The SMILES string of the molecule is CCOC(=O)c1ccc(N2CCN(C(=O)c3ccccc3)CC2)c(NC(=O)COc2c(C)cc(C)cc2Br)c1. The van der Waals surface area contributed by atoms with E-state index in [4.69, 9.17) is 9.47 Å². The molecule has 0 unspecified atom stereocenters. The van der Waals surface area contributed by atoms with Gasteiger partial charge in [0, 0.05) is 31.7 Å². The van der Waals surface area contributed by atoms with Crippen LogP contribution in [0.3, 0.4) is 0 Å². The largest absolute Gasteiger partial charge is 0.482 e. The van der Waals surface area contributed by atoms with Crippen LogP contribution >= 0.6 is 15.9 Å². The van der Waals surface area contributed by atoms with Crippen LogP contribution in [0.4, 0.5) is 11.4 Å². The zero-order valence-corrected chi connectivity index (χ0v) is 23.9. The van der Waals surface area contributed by atoms with Crippen molar-refractivity contribution in [3.05, 3.63) is 87.4 Å². The van der Waals surface area contributed by atoms with Crippen LogP contribution in [0.25, 0.3) is 0 Å². The second-order valence-corrected chi connectivity index (χ2v) is 10.2. The van der Waals surface area contributed by atoms with E-state index in [1.807, 2.05) is 61.2 Å². The summed E-state index contributed by atoms with van der Waals surface area (Å²) in [6.07, 6.45) is 0. The van der Waals surface area contributed by atoms with E-state index in [9.17, 15) is 14.4 Å². The Morgan fingerprint density at radius 1 is 0.923 bits per heavy atom. The lowest BCUT2D eigenvalue weighted by molar-refractivity contribution is -0.118. The number of carbonyl (C=O) groups is 3. The van der Waals surface area contributed by atoms with Crippen molar-refractivity contribution >= 4 is 45.1 Å². The maximum absolute atomic E-state index is 13.0. The van der Waals surface area contributed by atoms with Gasteiger partial charge in [-0.25, -0.2) is 4.79 Å². The molecule has 0 radical (unpaired) electrons.